The van der Waals surface area contributed by atoms with Gasteiger partial charge in [0.15, 0.2) is 0 Å². The fraction of sp³-hybridized carbons (Fsp3) is 0.625. The molecule has 0 aliphatic carbocycles. The van der Waals surface area contributed by atoms with Crippen molar-refractivity contribution in [2.45, 2.75) is 44.1 Å². The topological polar surface area (TPSA) is 61.2 Å². The molecular formula is C16H21FeN4O. The predicted molar refractivity (Wildman–Crippen MR) is 81.2 cm³/mol. The zero-order chi connectivity index (χ0) is 15.6. The van der Waals surface area contributed by atoms with Crippen LogP contribution in [0.4, 0.5) is 11.6 Å². The summed E-state index contributed by atoms with van der Waals surface area (Å²) in [7, 11) is 0. The Hall–Kier alpha value is -1.28. The van der Waals surface area contributed by atoms with Crippen molar-refractivity contribution < 1.29 is 21.0 Å². The molecule has 2 saturated heterocycles. The van der Waals surface area contributed by atoms with E-state index in [1.807, 2.05) is 6.07 Å². The Morgan fingerprint density at radius 1 is 1.45 bits per heavy atom. The first-order valence-electron chi connectivity index (χ1n) is 7.82. The van der Waals surface area contributed by atoms with E-state index in [2.05, 4.69) is 49.5 Å². The van der Waals surface area contributed by atoms with E-state index in [4.69, 9.17) is 4.74 Å². The van der Waals surface area contributed by atoms with Crippen LogP contribution in [-0.2, 0) is 26.4 Å². The normalized spacial score (nSPS) is 24.0. The monoisotopic (exact) mass is 341 g/mol. The van der Waals surface area contributed by atoms with E-state index in [-0.39, 0.29) is 0 Å². The second kappa shape index (κ2) is 6.45. The first kappa shape index (κ1) is 15.6. The van der Waals surface area contributed by atoms with Crippen LogP contribution in [0.15, 0.2) is 12.1 Å². The zero-order valence-electron chi connectivity index (χ0n) is 12.8. The van der Waals surface area contributed by atoms with Gasteiger partial charge in [-0.05, 0) is 0 Å². The molecule has 2 aliphatic heterocycles. The standard InChI is InChI=1S/C16H21N4O.Fe/c1-12-3-2-6-20(12)15-10-13(9-14(18)19-15)16(11-17)4-7-21-8-5-16;/h9-10,12H,2-8H2,1H3,(H-,18,19);/q-1;+1. The van der Waals surface area contributed by atoms with Gasteiger partial charge >= 0.3 is 140 Å². The van der Waals surface area contributed by atoms with Crippen LogP contribution in [0.2, 0.25) is 0 Å². The molecule has 3 heterocycles. The molecule has 0 radical (unpaired) electrons. The van der Waals surface area contributed by atoms with Gasteiger partial charge in [-0.25, -0.2) is 0 Å². The quantitative estimate of drug-likeness (QED) is 0.856. The van der Waals surface area contributed by atoms with Crippen LogP contribution in [0, 0.1) is 11.3 Å². The molecule has 1 aromatic rings. The number of nitrogens with one attached hydrogen (secondary N) is 1. The van der Waals surface area contributed by atoms with Crippen LogP contribution >= 0.6 is 0 Å². The van der Waals surface area contributed by atoms with E-state index in [0.717, 1.165) is 36.6 Å². The minimum absolute atomic E-state index is 0.468. The first-order chi connectivity index (χ1) is 10.7. The van der Waals surface area contributed by atoms with E-state index in [0.29, 0.717) is 19.3 Å². The number of aromatic nitrogens is 1. The second-order valence-corrected chi connectivity index (χ2v) is 6.45. The van der Waals surface area contributed by atoms with Gasteiger partial charge in [-0.15, -0.1) is 0 Å². The van der Waals surface area contributed by atoms with Crippen molar-refractivity contribution in [3.05, 3.63) is 17.7 Å². The molecule has 0 spiro atoms. The third-order valence-corrected chi connectivity index (χ3v) is 5.15. The molecule has 0 aromatic carbocycles. The average molecular weight is 341 g/mol. The van der Waals surface area contributed by atoms with Crippen LogP contribution in [0.25, 0.3) is 0 Å². The van der Waals surface area contributed by atoms with Gasteiger partial charge in [0.25, 0.3) is 0 Å². The fourth-order valence-electron chi connectivity index (χ4n) is 3.44. The number of pyridine rings is 1. The maximum atomic E-state index is 9.79. The fourth-order valence-corrected chi connectivity index (χ4v) is 3.58. The van der Waals surface area contributed by atoms with Crippen molar-refractivity contribution in [3.8, 4) is 6.07 Å². The van der Waals surface area contributed by atoms with E-state index in [9.17, 15) is 5.26 Å². The van der Waals surface area contributed by atoms with Crippen LogP contribution in [0.3, 0.4) is 0 Å². The molecule has 0 amide bonds. The number of hydrogen-bond acceptors (Lipinski definition) is 5. The summed E-state index contributed by atoms with van der Waals surface area (Å²) in [6, 6.07) is 7.09. The number of nitrogens with zero attached hydrogens (tertiary/aromatic N) is 3. The third-order valence-electron chi connectivity index (χ3n) is 4.86. The number of rotatable bonds is 3. The van der Waals surface area contributed by atoms with Crippen molar-refractivity contribution in [1.82, 2.24) is 4.98 Å². The van der Waals surface area contributed by atoms with Crippen LogP contribution in [0.5, 0.6) is 0 Å². The summed E-state index contributed by atoms with van der Waals surface area (Å²) in [5.74, 6) is 1.68. The molecule has 2 fully saturated rings. The number of hydrogen-bond donors (Lipinski definition) is 1. The Morgan fingerprint density at radius 3 is 2.82 bits per heavy atom. The van der Waals surface area contributed by atoms with Gasteiger partial charge in [-0.1, -0.05) is 0 Å². The van der Waals surface area contributed by atoms with Gasteiger partial charge < -0.3 is 0 Å². The molecule has 2 aliphatic rings. The van der Waals surface area contributed by atoms with Crippen LogP contribution < -0.4 is 9.23 Å². The van der Waals surface area contributed by atoms with Gasteiger partial charge in [0.2, 0.25) is 0 Å². The summed E-state index contributed by atoms with van der Waals surface area (Å²) in [6.07, 6.45) is 3.85. The van der Waals surface area contributed by atoms with Gasteiger partial charge in [0, 0.05) is 0 Å². The minimum atomic E-state index is -0.468. The molecular weight excluding hydrogens is 320 g/mol. The Morgan fingerprint density at radius 2 is 2.23 bits per heavy atom. The molecule has 1 unspecified atom stereocenters. The van der Waals surface area contributed by atoms with E-state index in [1.165, 1.54) is 12.8 Å². The predicted octanol–water partition coefficient (Wildman–Crippen LogP) is 2.52. The van der Waals surface area contributed by atoms with Gasteiger partial charge in [-0.3, -0.25) is 0 Å². The summed E-state index contributed by atoms with van der Waals surface area (Å²) in [5.41, 5.74) is 0.568. The van der Waals surface area contributed by atoms with Crippen molar-refractivity contribution in [2.75, 3.05) is 29.0 Å². The molecule has 1 aromatic heterocycles. The average Bonchev–Trinajstić information content (AvgIpc) is 3.01. The number of nitriles is 1. The third kappa shape index (κ3) is 2.81. The zero-order valence-corrected chi connectivity index (χ0v) is 13.9. The van der Waals surface area contributed by atoms with E-state index < -0.39 is 5.41 Å². The summed E-state index contributed by atoms with van der Waals surface area (Å²) in [4.78, 5) is 6.98. The Bertz CT molecular complexity index is 580. The molecule has 22 heavy (non-hydrogen) atoms. The first-order valence-corrected chi connectivity index (χ1v) is 8.37. The molecule has 119 valence electrons. The summed E-state index contributed by atoms with van der Waals surface area (Å²) >= 11 is 3.74. The molecule has 1 N–H and O–H groups in total. The SMILES string of the molecule is CC1CCCN1c1cc(C2(C#N)CCOCC2)cc([NH][Fe])n1. The van der Waals surface area contributed by atoms with Gasteiger partial charge in [0.05, 0.1) is 0 Å². The van der Waals surface area contributed by atoms with Crippen molar-refractivity contribution in [2.24, 2.45) is 0 Å². The molecule has 3 rings (SSSR count). The Kier molecular flexibility index (Phi) is 4.58. The molecule has 0 saturated carbocycles. The van der Waals surface area contributed by atoms with Crippen LogP contribution in [-0.4, -0.2) is 30.8 Å². The Balaban J connectivity index is 2.02. The van der Waals surface area contributed by atoms with Crippen molar-refractivity contribution >= 4 is 11.6 Å². The van der Waals surface area contributed by atoms with Crippen LogP contribution in [0.1, 0.15) is 38.2 Å². The van der Waals surface area contributed by atoms with E-state index >= 15 is 0 Å². The Labute approximate surface area is 140 Å². The summed E-state index contributed by atoms with van der Waals surface area (Å²) in [6.45, 7) is 4.53. The van der Waals surface area contributed by atoms with Crippen molar-refractivity contribution in [3.63, 3.8) is 0 Å². The molecule has 6 heteroatoms. The van der Waals surface area contributed by atoms with Gasteiger partial charge in [-0.2, -0.15) is 0 Å². The van der Waals surface area contributed by atoms with E-state index in [1.54, 1.807) is 0 Å². The molecule has 0 bridgehead atoms. The second-order valence-electron chi connectivity index (χ2n) is 6.18. The van der Waals surface area contributed by atoms with Crippen molar-refractivity contribution in [1.29, 1.82) is 5.26 Å². The number of ether oxygens (including phenoxy) is 1. The summed E-state index contributed by atoms with van der Waals surface area (Å²) in [5, 5.41) is 9.79. The molecule has 1 atom stereocenters. The summed E-state index contributed by atoms with van der Waals surface area (Å²) < 4.78 is 8.34. The maximum absolute atomic E-state index is 9.79. The molecule has 5 nitrogen and oxygen atoms in total. The van der Waals surface area contributed by atoms with Gasteiger partial charge in [0.1, 0.15) is 0 Å². The number of anilines is 2.